The summed E-state index contributed by atoms with van der Waals surface area (Å²) in [4.78, 5) is 23.4. The van der Waals surface area contributed by atoms with Crippen LogP contribution >= 0.6 is 11.3 Å². The standard InChI is InChI=1S/C26H27N3O4S/c1-4-12-29(14-20(30)17-8-6-5-7-9-17)15-23-27-25(31)24-19(16-34-26(24)28-23)18-10-11-21(32-2)22(13-18)33-3/h4-11,13,16,20,30H,1,12,14-15H2,2-3H3,(H,27,28,31)/t20-/m0/s1. The molecule has 2 aromatic heterocycles. The molecular formula is C26H27N3O4S. The van der Waals surface area contributed by atoms with Gasteiger partial charge in [-0.05, 0) is 23.3 Å². The van der Waals surface area contributed by atoms with Crippen molar-refractivity contribution in [1.29, 1.82) is 0 Å². The zero-order chi connectivity index (χ0) is 24.1. The number of methoxy groups -OCH3 is 2. The van der Waals surface area contributed by atoms with Crippen molar-refractivity contribution < 1.29 is 14.6 Å². The predicted molar refractivity (Wildman–Crippen MR) is 136 cm³/mol. The normalized spacial score (nSPS) is 12.1. The summed E-state index contributed by atoms with van der Waals surface area (Å²) in [6, 6.07) is 15.1. The molecule has 0 unspecified atom stereocenters. The number of rotatable bonds is 10. The molecule has 0 spiro atoms. The number of fused-ring (bicyclic) bond motifs is 1. The monoisotopic (exact) mass is 477 g/mol. The number of ether oxygens (including phenoxy) is 2. The van der Waals surface area contributed by atoms with E-state index in [1.54, 1.807) is 20.3 Å². The summed E-state index contributed by atoms with van der Waals surface area (Å²) in [6.07, 6.45) is 1.12. The highest BCUT2D eigenvalue weighted by Crippen LogP contribution is 2.36. The average molecular weight is 478 g/mol. The minimum absolute atomic E-state index is 0.201. The van der Waals surface area contributed by atoms with Gasteiger partial charge in [-0.15, -0.1) is 17.9 Å². The second-order valence-electron chi connectivity index (χ2n) is 7.82. The number of thiophene rings is 1. The van der Waals surface area contributed by atoms with Crippen LogP contribution in [0.3, 0.4) is 0 Å². The number of hydrogen-bond donors (Lipinski definition) is 2. The molecule has 8 heteroatoms. The van der Waals surface area contributed by atoms with Crippen LogP contribution in [-0.4, -0.2) is 47.3 Å². The van der Waals surface area contributed by atoms with E-state index < -0.39 is 6.10 Å². The third-order valence-electron chi connectivity index (χ3n) is 5.56. The Morgan fingerprint density at radius 1 is 1.18 bits per heavy atom. The molecule has 0 aliphatic heterocycles. The Morgan fingerprint density at radius 2 is 1.94 bits per heavy atom. The molecule has 0 saturated carbocycles. The molecule has 176 valence electrons. The van der Waals surface area contributed by atoms with Crippen molar-refractivity contribution in [2.24, 2.45) is 0 Å². The number of aliphatic hydroxyl groups is 1. The van der Waals surface area contributed by atoms with Gasteiger partial charge in [0.1, 0.15) is 10.7 Å². The van der Waals surface area contributed by atoms with Crippen LogP contribution < -0.4 is 15.0 Å². The largest absolute Gasteiger partial charge is 0.493 e. The molecule has 0 amide bonds. The number of nitrogens with one attached hydrogen (secondary N) is 1. The van der Waals surface area contributed by atoms with E-state index in [2.05, 4.69) is 11.6 Å². The lowest BCUT2D eigenvalue weighted by molar-refractivity contribution is 0.114. The van der Waals surface area contributed by atoms with Gasteiger partial charge in [0.2, 0.25) is 0 Å². The van der Waals surface area contributed by atoms with Gasteiger partial charge in [0.25, 0.3) is 5.56 Å². The fourth-order valence-corrected chi connectivity index (χ4v) is 4.87. The number of aromatic nitrogens is 2. The first-order chi connectivity index (χ1) is 16.5. The van der Waals surface area contributed by atoms with Crippen molar-refractivity contribution in [2.75, 3.05) is 27.3 Å². The Morgan fingerprint density at radius 3 is 2.65 bits per heavy atom. The molecule has 2 heterocycles. The molecule has 4 aromatic rings. The van der Waals surface area contributed by atoms with Crippen LogP contribution in [0, 0.1) is 0 Å². The van der Waals surface area contributed by atoms with Crippen molar-refractivity contribution >= 4 is 21.6 Å². The molecule has 1 atom stereocenters. The van der Waals surface area contributed by atoms with Crippen molar-refractivity contribution in [3.63, 3.8) is 0 Å². The van der Waals surface area contributed by atoms with Gasteiger partial charge >= 0.3 is 0 Å². The fourth-order valence-electron chi connectivity index (χ4n) is 3.91. The smallest absolute Gasteiger partial charge is 0.260 e. The van der Waals surface area contributed by atoms with Crippen LogP contribution in [0.25, 0.3) is 21.3 Å². The van der Waals surface area contributed by atoms with Crippen LogP contribution in [0.5, 0.6) is 11.5 Å². The number of nitrogens with zero attached hydrogens (tertiary/aromatic N) is 2. The predicted octanol–water partition coefficient (Wildman–Crippen LogP) is 4.39. The van der Waals surface area contributed by atoms with Crippen molar-refractivity contribution in [3.05, 3.63) is 88.3 Å². The lowest BCUT2D eigenvalue weighted by Crippen LogP contribution is -2.30. The second-order valence-corrected chi connectivity index (χ2v) is 8.68. The summed E-state index contributed by atoms with van der Waals surface area (Å²) in [5.41, 5.74) is 2.28. The van der Waals surface area contributed by atoms with E-state index in [4.69, 9.17) is 14.5 Å². The van der Waals surface area contributed by atoms with Crippen LogP contribution in [0.2, 0.25) is 0 Å². The SMILES string of the molecule is C=CCN(Cc1nc2scc(-c3ccc(OC)c(OC)c3)c2c(=O)[nH]1)C[C@H](O)c1ccccc1. The van der Waals surface area contributed by atoms with Gasteiger partial charge in [-0.2, -0.15) is 0 Å². The first kappa shape index (κ1) is 23.7. The minimum Gasteiger partial charge on any atom is -0.493 e. The molecule has 0 radical (unpaired) electrons. The number of H-pyrrole nitrogens is 1. The van der Waals surface area contributed by atoms with E-state index in [1.165, 1.54) is 11.3 Å². The van der Waals surface area contributed by atoms with Gasteiger partial charge in [0.15, 0.2) is 11.5 Å². The molecule has 2 aromatic carbocycles. The van der Waals surface area contributed by atoms with Crippen molar-refractivity contribution in [3.8, 4) is 22.6 Å². The number of aliphatic hydroxyl groups excluding tert-OH is 1. The van der Waals surface area contributed by atoms with E-state index in [0.29, 0.717) is 47.2 Å². The van der Waals surface area contributed by atoms with Crippen LogP contribution in [0.15, 0.2) is 71.4 Å². The molecule has 0 saturated heterocycles. The summed E-state index contributed by atoms with van der Waals surface area (Å²) in [5, 5.41) is 13.1. The molecule has 0 aliphatic rings. The highest BCUT2D eigenvalue weighted by molar-refractivity contribution is 7.17. The maximum Gasteiger partial charge on any atom is 0.260 e. The highest BCUT2D eigenvalue weighted by Gasteiger charge is 2.18. The summed E-state index contributed by atoms with van der Waals surface area (Å²) in [6.45, 7) is 5.14. The van der Waals surface area contributed by atoms with Gasteiger partial charge < -0.3 is 19.6 Å². The van der Waals surface area contributed by atoms with E-state index in [9.17, 15) is 9.90 Å². The third kappa shape index (κ3) is 5.04. The summed E-state index contributed by atoms with van der Waals surface area (Å²) in [5.74, 6) is 1.76. The lowest BCUT2D eigenvalue weighted by atomic mass is 10.1. The number of hydrogen-bond acceptors (Lipinski definition) is 7. The van der Waals surface area contributed by atoms with E-state index >= 15 is 0 Å². The first-order valence-electron chi connectivity index (χ1n) is 10.8. The Bertz CT molecular complexity index is 1330. The molecule has 0 bridgehead atoms. The molecule has 4 rings (SSSR count). The Hall–Kier alpha value is -3.46. The average Bonchev–Trinajstić information content (AvgIpc) is 3.29. The van der Waals surface area contributed by atoms with Crippen molar-refractivity contribution in [2.45, 2.75) is 12.6 Å². The molecule has 7 nitrogen and oxygen atoms in total. The molecule has 34 heavy (non-hydrogen) atoms. The van der Waals surface area contributed by atoms with Gasteiger partial charge in [-0.1, -0.05) is 42.5 Å². The van der Waals surface area contributed by atoms with E-state index in [0.717, 1.165) is 16.7 Å². The van der Waals surface area contributed by atoms with Gasteiger partial charge in [0, 0.05) is 24.0 Å². The Kier molecular flexibility index (Phi) is 7.42. The molecular weight excluding hydrogens is 450 g/mol. The van der Waals surface area contributed by atoms with Gasteiger partial charge in [0.05, 0.1) is 32.3 Å². The topological polar surface area (TPSA) is 87.7 Å². The first-order valence-corrected chi connectivity index (χ1v) is 11.7. The van der Waals surface area contributed by atoms with Crippen LogP contribution in [-0.2, 0) is 6.54 Å². The molecule has 2 N–H and O–H groups in total. The van der Waals surface area contributed by atoms with E-state index in [-0.39, 0.29) is 5.56 Å². The summed E-state index contributed by atoms with van der Waals surface area (Å²) >= 11 is 1.42. The molecule has 0 fully saturated rings. The molecule has 0 aliphatic carbocycles. The maximum absolute atomic E-state index is 13.1. The second kappa shape index (κ2) is 10.6. The third-order valence-corrected chi connectivity index (χ3v) is 6.44. The van der Waals surface area contributed by atoms with Gasteiger partial charge in [-0.25, -0.2) is 4.98 Å². The zero-order valence-electron chi connectivity index (χ0n) is 19.2. The number of benzene rings is 2. The maximum atomic E-state index is 13.1. The van der Waals surface area contributed by atoms with Gasteiger partial charge in [-0.3, -0.25) is 9.69 Å². The summed E-state index contributed by atoms with van der Waals surface area (Å²) in [7, 11) is 3.17. The van der Waals surface area contributed by atoms with Crippen LogP contribution in [0.4, 0.5) is 0 Å². The summed E-state index contributed by atoms with van der Waals surface area (Å²) < 4.78 is 10.7. The Balaban J connectivity index is 1.61. The minimum atomic E-state index is -0.657. The zero-order valence-corrected chi connectivity index (χ0v) is 20.0. The van der Waals surface area contributed by atoms with E-state index in [1.807, 2.05) is 58.8 Å². The lowest BCUT2D eigenvalue weighted by Gasteiger charge is -2.23. The van der Waals surface area contributed by atoms with Crippen molar-refractivity contribution in [1.82, 2.24) is 14.9 Å². The quantitative estimate of drug-likeness (QED) is 0.330. The fraction of sp³-hybridized carbons (Fsp3) is 0.231. The number of aromatic amines is 1. The Labute approximate surface area is 201 Å². The highest BCUT2D eigenvalue weighted by atomic mass is 32.1. The van der Waals surface area contributed by atoms with Crippen LogP contribution in [0.1, 0.15) is 17.5 Å².